The maximum absolute atomic E-state index is 10.4. The van der Waals surface area contributed by atoms with E-state index < -0.39 is 0 Å². The fraction of sp³-hybridized carbons (Fsp3) is 0.684. The molecule has 21 heavy (non-hydrogen) atoms. The molecule has 0 amide bonds. The second-order valence-corrected chi connectivity index (χ2v) is 7.83. The Morgan fingerprint density at radius 3 is 2.76 bits per heavy atom. The van der Waals surface area contributed by atoms with Gasteiger partial charge in [0.2, 0.25) is 0 Å². The first kappa shape index (κ1) is 13.6. The van der Waals surface area contributed by atoms with E-state index in [0.717, 1.165) is 30.7 Å². The molecule has 2 fully saturated rings. The molecule has 0 spiro atoms. The van der Waals surface area contributed by atoms with Crippen molar-refractivity contribution in [2.45, 2.75) is 64.4 Å². The summed E-state index contributed by atoms with van der Waals surface area (Å²) in [6, 6.07) is 4.05. The maximum atomic E-state index is 10.4. The minimum atomic E-state index is -0.0913. The Balaban J connectivity index is 1.74. The van der Waals surface area contributed by atoms with Gasteiger partial charge in [0.15, 0.2) is 0 Å². The van der Waals surface area contributed by atoms with Gasteiger partial charge in [-0.3, -0.25) is 0 Å². The third kappa shape index (κ3) is 1.75. The number of benzene rings is 1. The number of aliphatic hydroxyl groups is 1. The molecule has 4 rings (SSSR count). The van der Waals surface area contributed by atoms with Gasteiger partial charge < -0.3 is 10.2 Å². The SMILES string of the molecule is Cc1c(O)ccc2c1CC[C@H]1[C@@H]2CC[C@@]2(C)[C@@H](O)CC[C@@H]12. The van der Waals surface area contributed by atoms with Crippen molar-refractivity contribution in [1.82, 2.24) is 0 Å². The fourth-order valence-corrected chi connectivity index (χ4v) is 5.80. The fourth-order valence-electron chi connectivity index (χ4n) is 5.80. The van der Waals surface area contributed by atoms with Gasteiger partial charge in [-0.2, -0.15) is 0 Å². The molecular formula is C19H26O2. The highest BCUT2D eigenvalue weighted by Crippen LogP contribution is 2.61. The molecule has 0 aliphatic heterocycles. The van der Waals surface area contributed by atoms with E-state index in [0.29, 0.717) is 17.6 Å². The topological polar surface area (TPSA) is 40.5 Å². The number of aliphatic hydroxyl groups excluding tert-OH is 1. The molecule has 2 N–H and O–H groups in total. The predicted octanol–water partition coefficient (Wildman–Crippen LogP) is 3.92. The van der Waals surface area contributed by atoms with Crippen molar-refractivity contribution >= 4 is 0 Å². The van der Waals surface area contributed by atoms with Gasteiger partial charge in [0.05, 0.1) is 6.10 Å². The first-order valence-electron chi connectivity index (χ1n) is 8.52. The highest BCUT2D eigenvalue weighted by atomic mass is 16.3. The van der Waals surface area contributed by atoms with Crippen molar-refractivity contribution < 1.29 is 10.2 Å². The summed E-state index contributed by atoms with van der Waals surface area (Å²) >= 11 is 0. The van der Waals surface area contributed by atoms with E-state index in [1.165, 1.54) is 30.4 Å². The molecule has 114 valence electrons. The first-order chi connectivity index (χ1) is 10.0. The van der Waals surface area contributed by atoms with Crippen LogP contribution in [0.2, 0.25) is 0 Å². The van der Waals surface area contributed by atoms with E-state index in [2.05, 4.69) is 19.9 Å². The van der Waals surface area contributed by atoms with Crippen LogP contribution in [-0.2, 0) is 6.42 Å². The molecule has 0 unspecified atom stereocenters. The van der Waals surface area contributed by atoms with E-state index in [1.807, 2.05) is 6.07 Å². The van der Waals surface area contributed by atoms with Crippen molar-refractivity contribution in [3.8, 4) is 5.75 Å². The van der Waals surface area contributed by atoms with E-state index in [-0.39, 0.29) is 11.5 Å². The summed E-state index contributed by atoms with van der Waals surface area (Å²) in [6.07, 6.45) is 6.78. The molecule has 2 nitrogen and oxygen atoms in total. The lowest BCUT2D eigenvalue weighted by atomic mass is 9.55. The van der Waals surface area contributed by atoms with Gasteiger partial charge >= 0.3 is 0 Å². The Bertz CT molecular complexity index is 579. The molecule has 0 aromatic heterocycles. The number of rotatable bonds is 0. The van der Waals surface area contributed by atoms with Gasteiger partial charge in [-0.25, -0.2) is 0 Å². The molecule has 0 radical (unpaired) electrons. The molecule has 3 aliphatic rings. The van der Waals surface area contributed by atoms with Crippen molar-refractivity contribution in [3.05, 3.63) is 28.8 Å². The Kier molecular flexibility index (Phi) is 2.91. The average molecular weight is 286 g/mol. The minimum Gasteiger partial charge on any atom is -0.508 e. The summed E-state index contributed by atoms with van der Waals surface area (Å²) in [5, 5.41) is 20.4. The second-order valence-electron chi connectivity index (χ2n) is 7.83. The van der Waals surface area contributed by atoms with Crippen LogP contribution in [0.25, 0.3) is 0 Å². The molecule has 0 saturated heterocycles. The average Bonchev–Trinajstić information content (AvgIpc) is 2.78. The van der Waals surface area contributed by atoms with Crippen LogP contribution in [0.1, 0.15) is 61.6 Å². The lowest BCUT2D eigenvalue weighted by molar-refractivity contribution is -0.0226. The van der Waals surface area contributed by atoms with Gasteiger partial charge in [-0.05, 0) is 91.4 Å². The number of aromatic hydroxyl groups is 1. The van der Waals surface area contributed by atoms with Crippen LogP contribution in [0.3, 0.4) is 0 Å². The maximum Gasteiger partial charge on any atom is 0.118 e. The quantitative estimate of drug-likeness (QED) is 0.759. The van der Waals surface area contributed by atoms with Crippen LogP contribution in [0.15, 0.2) is 12.1 Å². The zero-order valence-electron chi connectivity index (χ0n) is 13.1. The molecule has 2 saturated carbocycles. The zero-order chi connectivity index (χ0) is 14.8. The van der Waals surface area contributed by atoms with E-state index in [9.17, 15) is 10.2 Å². The molecule has 0 heterocycles. The molecule has 0 bridgehead atoms. The standard InChI is InChI=1S/C19H26O2/c1-11-12-3-4-15-14(13(12)5-7-17(11)20)9-10-19(2)16(15)6-8-18(19)21/h5,7,14-16,18,20-21H,3-4,6,8-10H2,1-2H3/t14-,15+,16+,18+,19-/m1/s1. The van der Waals surface area contributed by atoms with Crippen molar-refractivity contribution in [2.24, 2.45) is 17.3 Å². The molecule has 1 aromatic carbocycles. The molecule has 2 heteroatoms. The largest absolute Gasteiger partial charge is 0.508 e. The number of phenolic OH excluding ortho intramolecular Hbond substituents is 1. The first-order valence-corrected chi connectivity index (χ1v) is 8.52. The van der Waals surface area contributed by atoms with Gasteiger partial charge in [-0.15, -0.1) is 0 Å². The Morgan fingerprint density at radius 1 is 1.14 bits per heavy atom. The van der Waals surface area contributed by atoms with Gasteiger partial charge in [0.1, 0.15) is 5.75 Å². The molecule has 3 aliphatic carbocycles. The Morgan fingerprint density at radius 2 is 1.95 bits per heavy atom. The number of hydrogen-bond acceptors (Lipinski definition) is 2. The van der Waals surface area contributed by atoms with E-state index in [1.54, 1.807) is 0 Å². The summed E-state index contributed by atoms with van der Waals surface area (Å²) in [4.78, 5) is 0. The summed E-state index contributed by atoms with van der Waals surface area (Å²) in [6.45, 7) is 4.38. The monoisotopic (exact) mass is 286 g/mol. The highest BCUT2D eigenvalue weighted by Gasteiger charge is 2.54. The van der Waals surface area contributed by atoms with Crippen LogP contribution in [0.4, 0.5) is 0 Å². The normalized spacial score (nSPS) is 41.3. The molecular weight excluding hydrogens is 260 g/mol. The van der Waals surface area contributed by atoms with Gasteiger partial charge in [-0.1, -0.05) is 13.0 Å². The third-order valence-corrected chi connectivity index (χ3v) is 7.12. The third-order valence-electron chi connectivity index (χ3n) is 7.12. The predicted molar refractivity (Wildman–Crippen MR) is 83.5 cm³/mol. The van der Waals surface area contributed by atoms with Crippen molar-refractivity contribution in [1.29, 1.82) is 0 Å². The lowest BCUT2D eigenvalue weighted by Crippen LogP contribution is -2.44. The number of fused-ring (bicyclic) bond motifs is 5. The second kappa shape index (κ2) is 4.49. The highest BCUT2D eigenvalue weighted by molar-refractivity contribution is 5.47. The van der Waals surface area contributed by atoms with Crippen LogP contribution < -0.4 is 0 Å². The summed E-state index contributed by atoms with van der Waals surface area (Å²) in [5.41, 5.74) is 4.14. The summed E-state index contributed by atoms with van der Waals surface area (Å²) in [5.74, 6) is 2.52. The van der Waals surface area contributed by atoms with Crippen molar-refractivity contribution in [2.75, 3.05) is 0 Å². The lowest BCUT2D eigenvalue weighted by Gasteiger charge is -2.50. The molecule has 5 atom stereocenters. The van der Waals surface area contributed by atoms with Gasteiger partial charge in [0.25, 0.3) is 0 Å². The van der Waals surface area contributed by atoms with Gasteiger partial charge in [0, 0.05) is 0 Å². The summed E-state index contributed by atoms with van der Waals surface area (Å²) in [7, 11) is 0. The zero-order valence-corrected chi connectivity index (χ0v) is 13.1. The van der Waals surface area contributed by atoms with Crippen LogP contribution in [0, 0.1) is 24.2 Å². The van der Waals surface area contributed by atoms with Crippen LogP contribution >= 0.6 is 0 Å². The Labute approximate surface area is 127 Å². The Hall–Kier alpha value is -1.02. The minimum absolute atomic E-state index is 0.0913. The van der Waals surface area contributed by atoms with Crippen LogP contribution in [-0.4, -0.2) is 16.3 Å². The van der Waals surface area contributed by atoms with E-state index >= 15 is 0 Å². The summed E-state index contributed by atoms with van der Waals surface area (Å²) < 4.78 is 0. The van der Waals surface area contributed by atoms with Crippen molar-refractivity contribution in [3.63, 3.8) is 0 Å². The molecule has 1 aromatic rings. The number of hydrogen-bond donors (Lipinski definition) is 2. The number of phenols is 1. The smallest absolute Gasteiger partial charge is 0.118 e. The van der Waals surface area contributed by atoms with Crippen LogP contribution in [0.5, 0.6) is 5.75 Å². The van der Waals surface area contributed by atoms with E-state index in [4.69, 9.17) is 0 Å².